The normalized spacial score (nSPS) is 10.6. The lowest BCUT2D eigenvalue weighted by Gasteiger charge is -2.07. The number of benzene rings is 1. The van der Waals surface area contributed by atoms with E-state index >= 15 is 0 Å². The average Bonchev–Trinajstić information content (AvgIpc) is 2.76. The van der Waals surface area contributed by atoms with Crippen molar-refractivity contribution in [1.29, 1.82) is 0 Å². The number of aliphatic hydroxyl groups is 1. The van der Waals surface area contributed by atoms with Crippen LogP contribution in [0.5, 0.6) is 0 Å². The second kappa shape index (κ2) is 6.09. The predicted octanol–water partition coefficient (Wildman–Crippen LogP) is 2.79. The molecule has 96 valence electrons. The minimum absolute atomic E-state index is 0.0809. The van der Waals surface area contributed by atoms with Crippen LogP contribution >= 0.6 is 23.2 Å². The Morgan fingerprint density at radius 1 is 1.33 bits per heavy atom. The van der Waals surface area contributed by atoms with Crippen LogP contribution in [-0.4, -0.2) is 21.5 Å². The lowest BCUT2D eigenvalue weighted by Crippen LogP contribution is -2.02. The van der Waals surface area contributed by atoms with Gasteiger partial charge in [0.15, 0.2) is 0 Å². The highest BCUT2D eigenvalue weighted by atomic mass is 35.5. The fraction of sp³-hybridized carbons (Fsp3) is 0.250. The van der Waals surface area contributed by atoms with Crippen molar-refractivity contribution in [2.45, 2.75) is 13.1 Å². The van der Waals surface area contributed by atoms with Crippen LogP contribution < -0.4 is 5.32 Å². The van der Waals surface area contributed by atoms with Gasteiger partial charge in [0.1, 0.15) is 0 Å². The van der Waals surface area contributed by atoms with Gasteiger partial charge >= 0.3 is 0 Å². The van der Waals surface area contributed by atoms with Gasteiger partial charge in [0.05, 0.1) is 30.1 Å². The molecule has 18 heavy (non-hydrogen) atoms. The van der Waals surface area contributed by atoms with Crippen molar-refractivity contribution in [2.75, 3.05) is 11.9 Å². The number of nitrogens with one attached hydrogen (secondary N) is 1. The molecule has 1 aromatic heterocycles. The maximum Gasteiger partial charge on any atom is 0.0652 e. The lowest BCUT2D eigenvalue weighted by molar-refractivity contribution is 0.269. The Bertz CT molecular complexity index is 528. The Hall–Kier alpha value is -1.23. The zero-order valence-electron chi connectivity index (χ0n) is 9.61. The fourth-order valence-corrected chi connectivity index (χ4v) is 2.03. The molecule has 0 saturated heterocycles. The van der Waals surface area contributed by atoms with Crippen molar-refractivity contribution in [2.24, 2.45) is 0 Å². The lowest BCUT2D eigenvalue weighted by atomic mass is 10.3. The van der Waals surface area contributed by atoms with Crippen LogP contribution in [0.1, 0.15) is 5.56 Å². The van der Waals surface area contributed by atoms with E-state index in [4.69, 9.17) is 28.3 Å². The molecule has 6 heteroatoms. The number of nitrogens with zero attached hydrogens (tertiary/aromatic N) is 2. The molecule has 0 unspecified atom stereocenters. The first kappa shape index (κ1) is 13.2. The molecule has 4 nitrogen and oxygen atoms in total. The maximum absolute atomic E-state index is 8.79. The van der Waals surface area contributed by atoms with Gasteiger partial charge in [-0.15, -0.1) is 0 Å². The maximum atomic E-state index is 8.79. The number of halogens is 2. The van der Waals surface area contributed by atoms with Crippen molar-refractivity contribution in [1.82, 2.24) is 9.78 Å². The predicted molar refractivity (Wildman–Crippen MR) is 73.1 cm³/mol. The SMILES string of the molecule is OCCn1cc(CNc2ccc(Cl)cc2Cl)cn1. The van der Waals surface area contributed by atoms with Crippen LogP contribution in [0, 0.1) is 0 Å². The quantitative estimate of drug-likeness (QED) is 0.888. The van der Waals surface area contributed by atoms with Gasteiger partial charge in [0.25, 0.3) is 0 Å². The molecule has 2 N–H and O–H groups in total. The summed E-state index contributed by atoms with van der Waals surface area (Å²) in [6, 6.07) is 5.31. The summed E-state index contributed by atoms with van der Waals surface area (Å²) in [7, 11) is 0. The molecule has 2 aromatic rings. The van der Waals surface area contributed by atoms with Gasteiger partial charge in [-0.3, -0.25) is 4.68 Å². The van der Waals surface area contributed by atoms with Crippen LogP contribution in [0.2, 0.25) is 10.0 Å². The standard InChI is InChI=1S/C12H13Cl2N3O/c13-10-1-2-12(11(14)5-10)15-6-9-7-16-17(8-9)3-4-18/h1-2,5,7-8,15,18H,3-4,6H2. The summed E-state index contributed by atoms with van der Waals surface area (Å²) in [6.07, 6.45) is 3.64. The van der Waals surface area contributed by atoms with Gasteiger partial charge in [-0.25, -0.2) is 0 Å². The summed E-state index contributed by atoms with van der Waals surface area (Å²) in [5.41, 5.74) is 1.85. The molecule has 0 spiro atoms. The van der Waals surface area contributed by atoms with Crippen molar-refractivity contribution >= 4 is 28.9 Å². The molecule has 0 bridgehead atoms. The topological polar surface area (TPSA) is 50.1 Å². The minimum atomic E-state index is 0.0809. The minimum Gasteiger partial charge on any atom is -0.394 e. The van der Waals surface area contributed by atoms with Crippen LogP contribution in [0.4, 0.5) is 5.69 Å². The van der Waals surface area contributed by atoms with Gasteiger partial charge in [-0.2, -0.15) is 5.10 Å². The highest BCUT2D eigenvalue weighted by molar-refractivity contribution is 6.36. The molecule has 0 amide bonds. The Morgan fingerprint density at radius 2 is 2.17 bits per heavy atom. The molecule has 0 fully saturated rings. The second-order valence-corrected chi connectivity index (χ2v) is 4.66. The first-order chi connectivity index (χ1) is 8.69. The molecule has 0 radical (unpaired) electrons. The Morgan fingerprint density at radius 3 is 2.89 bits per heavy atom. The zero-order valence-corrected chi connectivity index (χ0v) is 11.1. The summed E-state index contributed by atoms with van der Waals surface area (Å²) < 4.78 is 1.69. The Labute approximate surface area is 115 Å². The number of hydrogen-bond donors (Lipinski definition) is 2. The second-order valence-electron chi connectivity index (χ2n) is 3.81. The summed E-state index contributed by atoms with van der Waals surface area (Å²) in [5, 5.41) is 17.3. The average molecular weight is 286 g/mol. The first-order valence-electron chi connectivity index (χ1n) is 5.50. The van der Waals surface area contributed by atoms with E-state index in [1.54, 1.807) is 23.0 Å². The third kappa shape index (κ3) is 3.38. The van der Waals surface area contributed by atoms with Crippen molar-refractivity contribution in [3.63, 3.8) is 0 Å². The third-order valence-electron chi connectivity index (χ3n) is 2.43. The number of hydrogen-bond acceptors (Lipinski definition) is 3. The van der Waals surface area contributed by atoms with E-state index in [2.05, 4.69) is 10.4 Å². The van der Waals surface area contributed by atoms with Crippen molar-refractivity contribution < 1.29 is 5.11 Å². The number of aliphatic hydroxyl groups excluding tert-OH is 1. The molecular weight excluding hydrogens is 273 g/mol. The largest absolute Gasteiger partial charge is 0.394 e. The summed E-state index contributed by atoms with van der Waals surface area (Å²) in [5.74, 6) is 0. The van der Waals surface area contributed by atoms with E-state index in [0.717, 1.165) is 11.3 Å². The van der Waals surface area contributed by atoms with Crippen LogP contribution in [0.3, 0.4) is 0 Å². The van der Waals surface area contributed by atoms with E-state index in [1.165, 1.54) is 0 Å². The van der Waals surface area contributed by atoms with Gasteiger partial charge in [-0.1, -0.05) is 23.2 Å². The zero-order chi connectivity index (χ0) is 13.0. The molecule has 0 atom stereocenters. The van der Waals surface area contributed by atoms with Gasteiger partial charge < -0.3 is 10.4 Å². The summed E-state index contributed by atoms with van der Waals surface area (Å²) in [6.45, 7) is 1.20. The number of rotatable bonds is 5. The van der Waals surface area contributed by atoms with E-state index in [1.807, 2.05) is 12.3 Å². The molecule has 0 saturated carbocycles. The highest BCUT2D eigenvalue weighted by Crippen LogP contribution is 2.25. The van der Waals surface area contributed by atoms with E-state index < -0.39 is 0 Å². The van der Waals surface area contributed by atoms with Crippen molar-refractivity contribution in [3.8, 4) is 0 Å². The smallest absolute Gasteiger partial charge is 0.0652 e. The molecule has 1 aromatic carbocycles. The third-order valence-corrected chi connectivity index (χ3v) is 2.98. The Kier molecular flexibility index (Phi) is 4.47. The molecule has 2 rings (SSSR count). The highest BCUT2D eigenvalue weighted by Gasteiger charge is 2.02. The molecule has 0 aliphatic heterocycles. The number of aromatic nitrogens is 2. The van der Waals surface area contributed by atoms with Crippen LogP contribution in [-0.2, 0) is 13.1 Å². The van der Waals surface area contributed by atoms with Crippen molar-refractivity contribution in [3.05, 3.63) is 46.2 Å². The van der Waals surface area contributed by atoms with Crippen LogP contribution in [0.25, 0.3) is 0 Å². The summed E-state index contributed by atoms with van der Waals surface area (Å²) in [4.78, 5) is 0. The van der Waals surface area contributed by atoms with Gasteiger partial charge in [0, 0.05) is 23.3 Å². The molecule has 0 aliphatic rings. The molecular formula is C12H13Cl2N3O. The van der Waals surface area contributed by atoms with Gasteiger partial charge in [-0.05, 0) is 18.2 Å². The monoisotopic (exact) mass is 285 g/mol. The number of anilines is 1. The van der Waals surface area contributed by atoms with Crippen LogP contribution in [0.15, 0.2) is 30.6 Å². The van der Waals surface area contributed by atoms with E-state index in [9.17, 15) is 0 Å². The Balaban J connectivity index is 1.97. The summed E-state index contributed by atoms with van der Waals surface area (Å²) >= 11 is 11.9. The molecule has 0 aliphatic carbocycles. The van der Waals surface area contributed by atoms with E-state index in [0.29, 0.717) is 23.1 Å². The van der Waals surface area contributed by atoms with Gasteiger partial charge in [0.2, 0.25) is 0 Å². The first-order valence-corrected chi connectivity index (χ1v) is 6.26. The molecule has 1 heterocycles. The van der Waals surface area contributed by atoms with E-state index in [-0.39, 0.29) is 6.61 Å². The fourth-order valence-electron chi connectivity index (χ4n) is 1.55.